The number of nitrogens with one attached hydrogen (secondary N) is 1. The van der Waals surface area contributed by atoms with Gasteiger partial charge in [0.1, 0.15) is 5.82 Å². The minimum atomic E-state index is -1.27. The Morgan fingerprint density at radius 1 is 1.19 bits per heavy atom. The molecule has 21 heavy (non-hydrogen) atoms. The monoisotopic (exact) mass is 297 g/mol. The van der Waals surface area contributed by atoms with Gasteiger partial charge in [0, 0.05) is 11.6 Å². The third-order valence-electron chi connectivity index (χ3n) is 2.42. The summed E-state index contributed by atoms with van der Waals surface area (Å²) in [5, 5.41) is 12.6. The van der Waals surface area contributed by atoms with Crippen LogP contribution in [0, 0.1) is 27.8 Å². The van der Waals surface area contributed by atoms with Crippen LogP contribution in [-0.4, -0.2) is 15.8 Å². The summed E-state index contributed by atoms with van der Waals surface area (Å²) >= 11 is 0. The van der Waals surface area contributed by atoms with Crippen molar-refractivity contribution in [2.24, 2.45) is 0 Å². The number of hydrogen-bond acceptors (Lipinski definition) is 4. The maximum absolute atomic E-state index is 13.3. The second-order valence-corrected chi connectivity index (χ2v) is 3.88. The van der Waals surface area contributed by atoms with Gasteiger partial charge in [0.05, 0.1) is 16.7 Å². The highest BCUT2D eigenvalue weighted by Gasteiger charge is 2.16. The quantitative estimate of drug-likeness (QED) is 0.536. The Balaban J connectivity index is 2.30. The van der Waals surface area contributed by atoms with Gasteiger partial charge in [-0.15, -0.1) is 0 Å². The Morgan fingerprint density at radius 3 is 2.52 bits per heavy atom. The Hall–Kier alpha value is -2.97. The van der Waals surface area contributed by atoms with Crippen LogP contribution in [0.2, 0.25) is 0 Å². The van der Waals surface area contributed by atoms with Crippen molar-refractivity contribution in [2.75, 3.05) is 5.32 Å². The molecule has 9 heteroatoms. The highest BCUT2D eigenvalue weighted by Crippen LogP contribution is 2.18. The minimum Gasteiger partial charge on any atom is -0.318 e. The Labute approximate surface area is 115 Å². The van der Waals surface area contributed by atoms with E-state index in [2.05, 4.69) is 4.98 Å². The van der Waals surface area contributed by atoms with E-state index in [1.165, 1.54) is 0 Å². The van der Waals surface area contributed by atoms with Crippen LogP contribution in [-0.2, 0) is 0 Å². The topological polar surface area (TPSA) is 85.1 Å². The molecule has 1 aromatic heterocycles. The molecular weight excluding hydrogens is 291 g/mol. The maximum Gasteiger partial charge on any atom is 0.273 e. The van der Waals surface area contributed by atoms with Crippen molar-refractivity contribution in [3.63, 3.8) is 0 Å². The predicted octanol–water partition coefficient (Wildman–Crippen LogP) is 2.66. The van der Waals surface area contributed by atoms with E-state index in [0.717, 1.165) is 24.3 Å². The molecule has 0 radical (unpaired) electrons. The van der Waals surface area contributed by atoms with Crippen LogP contribution in [0.15, 0.2) is 30.3 Å². The third kappa shape index (κ3) is 3.32. The molecule has 2 rings (SSSR count). The largest absolute Gasteiger partial charge is 0.318 e. The summed E-state index contributed by atoms with van der Waals surface area (Å²) in [6.07, 6.45) is 0. The number of anilines is 1. The summed E-state index contributed by atoms with van der Waals surface area (Å²) < 4.78 is 39.1. The Bertz CT molecular complexity index is 737. The van der Waals surface area contributed by atoms with E-state index >= 15 is 0 Å². The molecule has 6 nitrogen and oxygen atoms in total. The molecule has 1 amide bonds. The molecule has 1 heterocycles. The zero-order chi connectivity index (χ0) is 15.6. The number of halogens is 3. The molecular formula is C12H6F3N3O3. The third-order valence-corrected chi connectivity index (χ3v) is 2.42. The van der Waals surface area contributed by atoms with E-state index in [-0.39, 0.29) is 5.56 Å². The molecule has 1 aromatic carbocycles. The number of benzene rings is 1. The number of carbonyl (C=O) groups excluding carboxylic acids is 1. The molecule has 0 bridgehead atoms. The van der Waals surface area contributed by atoms with Gasteiger partial charge in [-0.25, -0.2) is 4.39 Å². The summed E-state index contributed by atoms with van der Waals surface area (Å²) in [5.41, 5.74) is -1.45. The summed E-state index contributed by atoms with van der Waals surface area (Å²) in [7, 11) is 0. The van der Waals surface area contributed by atoms with Gasteiger partial charge < -0.3 is 5.32 Å². The van der Waals surface area contributed by atoms with Crippen LogP contribution >= 0.6 is 0 Å². The fraction of sp³-hybridized carbons (Fsp3) is 0. The summed E-state index contributed by atoms with van der Waals surface area (Å²) in [4.78, 5) is 24.3. The number of carbonyl (C=O) groups is 1. The van der Waals surface area contributed by atoms with Crippen LogP contribution in [0.4, 0.5) is 24.5 Å². The van der Waals surface area contributed by atoms with Crippen molar-refractivity contribution in [3.8, 4) is 0 Å². The zero-order valence-corrected chi connectivity index (χ0v) is 10.1. The zero-order valence-electron chi connectivity index (χ0n) is 10.1. The first-order chi connectivity index (χ1) is 9.86. The van der Waals surface area contributed by atoms with Crippen molar-refractivity contribution < 1.29 is 22.9 Å². The molecule has 0 aliphatic rings. The van der Waals surface area contributed by atoms with Crippen LogP contribution in [0.1, 0.15) is 10.4 Å². The SMILES string of the molecule is O=C(Nc1ccc(F)nc1F)c1cc(F)cc([N+](=O)[O-])c1. The first-order valence-electron chi connectivity index (χ1n) is 5.45. The lowest BCUT2D eigenvalue weighted by atomic mass is 10.2. The van der Waals surface area contributed by atoms with Crippen molar-refractivity contribution in [1.82, 2.24) is 4.98 Å². The van der Waals surface area contributed by atoms with E-state index in [1.54, 1.807) is 0 Å². The molecule has 0 saturated carbocycles. The molecule has 1 N–H and O–H groups in total. The molecule has 0 saturated heterocycles. The van der Waals surface area contributed by atoms with Crippen molar-refractivity contribution in [3.05, 3.63) is 63.7 Å². The van der Waals surface area contributed by atoms with Gasteiger partial charge in [0.15, 0.2) is 0 Å². The fourth-order valence-electron chi connectivity index (χ4n) is 1.51. The van der Waals surface area contributed by atoms with Crippen LogP contribution in [0.3, 0.4) is 0 Å². The lowest BCUT2D eigenvalue weighted by Gasteiger charge is -2.06. The second kappa shape index (κ2) is 5.57. The molecule has 0 aliphatic carbocycles. The lowest BCUT2D eigenvalue weighted by Crippen LogP contribution is -2.14. The van der Waals surface area contributed by atoms with Crippen LogP contribution in [0.5, 0.6) is 0 Å². The predicted molar refractivity (Wildman–Crippen MR) is 65.2 cm³/mol. The highest BCUT2D eigenvalue weighted by molar-refractivity contribution is 6.04. The number of aromatic nitrogens is 1. The first-order valence-corrected chi connectivity index (χ1v) is 5.45. The normalized spacial score (nSPS) is 10.2. The number of amides is 1. The number of nitro benzene ring substituents is 1. The first kappa shape index (κ1) is 14.4. The maximum atomic E-state index is 13.3. The number of non-ortho nitro benzene ring substituents is 1. The van der Waals surface area contributed by atoms with Gasteiger partial charge in [-0.1, -0.05) is 0 Å². The Kier molecular flexibility index (Phi) is 3.83. The fourth-order valence-corrected chi connectivity index (χ4v) is 1.51. The van der Waals surface area contributed by atoms with Gasteiger partial charge in [0.2, 0.25) is 11.9 Å². The highest BCUT2D eigenvalue weighted by atomic mass is 19.1. The summed E-state index contributed by atoms with van der Waals surface area (Å²) in [6.45, 7) is 0. The minimum absolute atomic E-state index is 0.384. The summed E-state index contributed by atoms with van der Waals surface area (Å²) in [6, 6.07) is 3.94. The standard InChI is InChI=1S/C12H6F3N3O3/c13-7-3-6(4-8(5-7)18(20)21)12(19)16-9-1-2-10(14)17-11(9)15/h1-5H,(H,16,19). The average Bonchev–Trinajstić information content (AvgIpc) is 2.41. The number of nitro groups is 1. The molecule has 108 valence electrons. The molecule has 0 atom stereocenters. The molecule has 0 aliphatic heterocycles. The number of rotatable bonds is 3. The van der Waals surface area contributed by atoms with Gasteiger partial charge in [0.25, 0.3) is 11.6 Å². The molecule has 0 unspecified atom stereocenters. The average molecular weight is 297 g/mol. The second-order valence-electron chi connectivity index (χ2n) is 3.88. The Morgan fingerprint density at radius 2 is 1.90 bits per heavy atom. The van der Waals surface area contributed by atoms with Gasteiger partial charge in [-0.2, -0.15) is 13.8 Å². The summed E-state index contributed by atoms with van der Waals surface area (Å²) in [5.74, 6) is -4.34. The van der Waals surface area contributed by atoms with Gasteiger partial charge in [-0.05, 0) is 18.2 Å². The van der Waals surface area contributed by atoms with Crippen LogP contribution in [0.25, 0.3) is 0 Å². The van der Waals surface area contributed by atoms with Crippen molar-refractivity contribution in [2.45, 2.75) is 0 Å². The van der Waals surface area contributed by atoms with Crippen molar-refractivity contribution >= 4 is 17.3 Å². The van der Waals surface area contributed by atoms with E-state index in [9.17, 15) is 28.1 Å². The number of pyridine rings is 1. The smallest absolute Gasteiger partial charge is 0.273 e. The number of nitrogens with zero attached hydrogens (tertiary/aromatic N) is 2. The molecule has 0 fully saturated rings. The van der Waals surface area contributed by atoms with Crippen molar-refractivity contribution in [1.29, 1.82) is 0 Å². The van der Waals surface area contributed by atoms with E-state index in [0.29, 0.717) is 6.07 Å². The van der Waals surface area contributed by atoms with Gasteiger partial charge >= 0.3 is 0 Å². The molecule has 0 spiro atoms. The van der Waals surface area contributed by atoms with E-state index in [4.69, 9.17) is 0 Å². The molecule has 2 aromatic rings. The lowest BCUT2D eigenvalue weighted by molar-refractivity contribution is -0.385. The van der Waals surface area contributed by atoms with E-state index in [1.807, 2.05) is 5.32 Å². The van der Waals surface area contributed by atoms with Gasteiger partial charge in [-0.3, -0.25) is 14.9 Å². The van der Waals surface area contributed by atoms with Crippen LogP contribution < -0.4 is 5.32 Å². The van der Waals surface area contributed by atoms with E-state index < -0.39 is 39.9 Å². The number of hydrogen-bond donors (Lipinski definition) is 1.